The summed E-state index contributed by atoms with van der Waals surface area (Å²) < 4.78 is 37.8. The summed E-state index contributed by atoms with van der Waals surface area (Å²) in [4.78, 5) is 8.82. The van der Waals surface area contributed by atoms with Crippen LogP contribution in [-0.4, -0.2) is 37.0 Å². The molecule has 3 aromatic rings. The molecule has 1 heterocycles. The quantitative estimate of drug-likeness (QED) is 0.428. The fraction of sp³-hybridized carbons (Fsp3) is 0.273. The van der Waals surface area contributed by atoms with Crippen molar-refractivity contribution < 1.29 is 13.0 Å². The molecule has 0 atom stereocenters. The highest BCUT2D eigenvalue weighted by molar-refractivity contribution is 7.92. The molecule has 10 heteroatoms. The van der Waals surface area contributed by atoms with Gasteiger partial charge in [0.05, 0.1) is 22.0 Å². The van der Waals surface area contributed by atoms with Gasteiger partial charge in [-0.15, -0.1) is 0 Å². The molecule has 0 spiro atoms. The molecule has 0 aliphatic rings. The van der Waals surface area contributed by atoms with Gasteiger partial charge in [-0.3, -0.25) is 0 Å². The van der Waals surface area contributed by atoms with Crippen LogP contribution in [0.4, 0.5) is 23.1 Å². The zero-order valence-corrected chi connectivity index (χ0v) is 21.0. The summed E-state index contributed by atoms with van der Waals surface area (Å²) in [6, 6.07) is 12.2. The Balaban J connectivity index is 1.93. The Morgan fingerprint density at radius 1 is 1.03 bits per heavy atom. The molecule has 0 saturated heterocycles. The highest BCUT2D eigenvalue weighted by Crippen LogP contribution is 2.36. The molecule has 2 aromatic carbocycles. The van der Waals surface area contributed by atoms with E-state index >= 15 is 0 Å². The SMILES string of the molecule is Cc1cc(P(C)(C)=O)ccc1Nc1ncc(Cl)c(Nc2ccccc2S(=O)(=O)C(C)C)n1. The monoisotopic (exact) mass is 492 g/mol. The number of aryl methyl sites for hydroxylation is 1. The van der Waals surface area contributed by atoms with Gasteiger partial charge in [0.25, 0.3) is 0 Å². The van der Waals surface area contributed by atoms with Crippen molar-refractivity contribution in [1.29, 1.82) is 0 Å². The normalized spacial score (nSPS) is 12.1. The lowest BCUT2D eigenvalue weighted by atomic mass is 10.2. The molecule has 1 aromatic heterocycles. The maximum Gasteiger partial charge on any atom is 0.229 e. The van der Waals surface area contributed by atoms with E-state index in [2.05, 4.69) is 20.6 Å². The number of nitrogens with zero attached hydrogens (tertiary/aromatic N) is 2. The summed E-state index contributed by atoms with van der Waals surface area (Å²) in [5, 5.41) is 6.64. The first kappa shape index (κ1) is 24.2. The zero-order chi connectivity index (χ0) is 23.7. The number of hydrogen-bond acceptors (Lipinski definition) is 7. The minimum absolute atomic E-state index is 0.175. The first-order valence-electron chi connectivity index (χ1n) is 9.95. The van der Waals surface area contributed by atoms with Crippen LogP contribution in [0.1, 0.15) is 19.4 Å². The summed E-state index contributed by atoms with van der Waals surface area (Å²) in [5.41, 5.74) is 2.04. The average Bonchev–Trinajstić information content (AvgIpc) is 2.71. The van der Waals surface area contributed by atoms with Crippen LogP contribution in [0.5, 0.6) is 0 Å². The first-order chi connectivity index (χ1) is 14.9. The summed E-state index contributed by atoms with van der Waals surface area (Å²) in [6.07, 6.45) is 1.44. The second-order valence-electron chi connectivity index (χ2n) is 8.08. The number of benzene rings is 2. The number of nitrogens with one attached hydrogen (secondary N) is 2. The molecule has 0 saturated carbocycles. The van der Waals surface area contributed by atoms with Crippen LogP contribution >= 0.6 is 18.7 Å². The van der Waals surface area contributed by atoms with Gasteiger partial charge in [-0.2, -0.15) is 4.98 Å². The molecule has 0 unspecified atom stereocenters. The summed E-state index contributed by atoms with van der Waals surface area (Å²) in [5.74, 6) is 0.560. The van der Waals surface area contributed by atoms with Gasteiger partial charge in [0.2, 0.25) is 5.95 Å². The van der Waals surface area contributed by atoms with Crippen molar-refractivity contribution >= 4 is 57.0 Å². The smallest absolute Gasteiger partial charge is 0.229 e. The summed E-state index contributed by atoms with van der Waals surface area (Å²) in [7, 11) is -5.87. The van der Waals surface area contributed by atoms with Crippen LogP contribution in [0.15, 0.2) is 53.6 Å². The molecular weight excluding hydrogens is 467 g/mol. The molecule has 0 bridgehead atoms. The van der Waals surface area contributed by atoms with Gasteiger partial charge < -0.3 is 15.2 Å². The number of para-hydroxylation sites is 1. The molecule has 2 N–H and O–H groups in total. The molecule has 0 radical (unpaired) electrons. The third-order valence-corrected chi connectivity index (χ3v) is 8.90. The van der Waals surface area contributed by atoms with Gasteiger partial charge in [-0.1, -0.05) is 23.7 Å². The third kappa shape index (κ3) is 5.31. The van der Waals surface area contributed by atoms with Gasteiger partial charge in [-0.25, -0.2) is 13.4 Å². The van der Waals surface area contributed by atoms with E-state index in [0.717, 1.165) is 16.6 Å². The van der Waals surface area contributed by atoms with Crippen molar-refractivity contribution in [3.63, 3.8) is 0 Å². The lowest BCUT2D eigenvalue weighted by molar-refractivity contribution is 0.587. The lowest BCUT2D eigenvalue weighted by Gasteiger charge is -2.16. The van der Waals surface area contributed by atoms with Gasteiger partial charge in [0.15, 0.2) is 15.7 Å². The number of rotatable bonds is 7. The number of hydrogen-bond donors (Lipinski definition) is 2. The molecule has 0 amide bonds. The number of sulfone groups is 1. The second-order valence-corrected chi connectivity index (χ2v) is 14.2. The van der Waals surface area contributed by atoms with Crippen molar-refractivity contribution in [1.82, 2.24) is 9.97 Å². The van der Waals surface area contributed by atoms with Crippen LogP contribution in [0, 0.1) is 6.92 Å². The van der Waals surface area contributed by atoms with Gasteiger partial charge in [0, 0.05) is 11.0 Å². The Kier molecular flexibility index (Phi) is 6.98. The summed E-state index contributed by atoms with van der Waals surface area (Å²) >= 11 is 6.28. The van der Waals surface area contributed by atoms with E-state index in [1.54, 1.807) is 51.4 Å². The van der Waals surface area contributed by atoms with Crippen molar-refractivity contribution in [3.8, 4) is 0 Å². The van der Waals surface area contributed by atoms with E-state index in [1.807, 2.05) is 25.1 Å². The minimum Gasteiger partial charge on any atom is -0.338 e. The number of aromatic nitrogens is 2. The maximum atomic E-state index is 12.7. The van der Waals surface area contributed by atoms with Crippen molar-refractivity contribution in [2.45, 2.75) is 30.9 Å². The first-order valence-corrected chi connectivity index (χ1v) is 14.5. The van der Waals surface area contributed by atoms with E-state index < -0.39 is 22.2 Å². The van der Waals surface area contributed by atoms with E-state index in [0.29, 0.717) is 5.69 Å². The highest BCUT2D eigenvalue weighted by Gasteiger charge is 2.23. The second kappa shape index (κ2) is 9.22. The van der Waals surface area contributed by atoms with Crippen LogP contribution in [0.25, 0.3) is 0 Å². The lowest BCUT2D eigenvalue weighted by Crippen LogP contribution is -2.15. The van der Waals surface area contributed by atoms with Crippen LogP contribution < -0.4 is 15.9 Å². The minimum atomic E-state index is -3.51. The molecule has 32 heavy (non-hydrogen) atoms. The Hall–Kier alpha value is -2.41. The number of anilines is 4. The fourth-order valence-corrected chi connectivity index (χ4v) is 5.24. The van der Waals surface area contributed by atoms with Gasteiger partial charge >= 0.3 is 0 Å². The van der Waals surface area contributed by atoms with E-state index in [4.69, 9.17) is 11.6 Å². The zero-order valence-electron chi connectivity index (χ0n) is 18.5. The average molecular weight is 493 g/mol. The Morgan fingerprint density at radius 3 is 2.34 bits per heavy atom. The fourth-order valence-electron chi connectivity index (χ4n) is 2.96. The molecule has 170 valence electrons. The Labute approximate surface area is 193 Å². The van der Waals surface area contributed by atoms with Crippen molar-refractivity contribution in [2.75, 3.05) is 24.0 Å². The van der Waals surface area contributed by atoms with Crippen LogP contribution in [-0.2, 0) is 14.4 Å². The topological polar surface area (TPSA) is 101 Å². The Bertz CT molecular complexity index is 1310. The van der Waals surface area contributed by atoms with Crippen molar-refractivity contribution in [2.24, 2.45) is 0 Å². The van der Waals surface area contributed by atoms with Crippen LogP contribution in [0.3, 0.4) is 0 Å². The molecule has 3 rings (SSSR count). The summed E-state index contributed by atoms with van der Waals surface area (Å²) in [6.45, 7) is 8.63. The van der Waals surface area contributed by atoms with Crippen molar-refractivity contribution in [3.05, 3.63) is 59.2 Å². The van der Waals surface area contributed by atoms with E-state index in [-0.39, 0.29) is 21.7 Å². The Morgan fingerprint density at radius 2 is 1.72 bits per heavy atom. The molecule has 0 fully saturated rings. The van der Waals surface area contributed by atoms with Gasteiger partial charge in [-0.05, 0) is 70.0 Å². The highest BCUT2D eigenvalue weighted by atomic mass is 35.5. The van der Waals surface area contributed by atoms with E-state index in [1.165, 1.54) is 6.20 Å². The largest absolute Gasteiger partial charge is 0.338 e. The number of halogens is 1. The van der Waals surface area contributed by atoms with Gasteiger partial charge in [0.1, 0.15) is 12.2 Å². The maximum absolute atomic E-state index is 12.7. The van der Waals surface area contributed by atoms with E-state index in [9.17, 15) is 13.0 Å². The molecule has 0 aliphatic heterocycles. The molecule has 0 aliphatic carbocycles. The predicted octanol–water partition coefficient (Wildman–Crippen LogP) is 5.36. The molecular formula is C22H26ClN4O3PS. The standard InChI is InChI=1S/C22H26ClN4O3PS/c1-14(2)32(29,30)20-9-7-6-8-19(20)25-21-17(23)13-24-22(27-21)26-18-11-10-16(12-15(18)3)31(4,5)28/h6-14H,1-5H3,(H2,24,25,26,27). The molecule has 7 nitrogen and oxygen atoms in total. The third-order valence-electron chi connectivity index (χ3n) is 4.89. The van der Waals surface area contributed by atoms with Crippen LogP contribution in [0.2, 0.25) is 5.02 Å². The predicted molar refractivity (Wildman–Crippen MR) is 133 cm³/mol.